The van der Waals surface area contributed by atoms with Crippen LogP contribution in [0, 0.1) is 6.92 Å². The molecule has 0 aliphatic heterocycles. The Labute approximate surface area is 147 Å². The molecule has 1 N–H and O–H groups in total. The molecule has 24 heavy (non-hydrogen) atoms. The van der Waals surface area contributed by atoms with Gasteiger partial charge < -0.3 is 9.88 Å². The van der Waals surface area contributed by atoms with Crippen LogP contribution in [-0.2, 0) is 7.05 Å². The van der Waals surface area contributed by atoms with Crippen LogP contribution in [0.3, 0.4) is 0 Å². The van der Waals surface area contributed by atoms with Crippen molar-refractivity contribution in [2.75, 3.05) is 5.32 Å². The third-order valence-electron chi connectivity index (χ3n) is 4.14. The zero-order valence-corrected chi connectivity index (χ0v) is 14.9. The van der Waals surface area contributed by atoms with Gasteiger partial charge in [-0.25, -0.2) is 4.98 Å². The van der Waals surface area contributed by atoms with Gasteiger partial charge in [-0.2, -0.15) is 4.51 Å². The Morgan fingerprint density at radius 3 is 2.71 bits per heavy atom. The van der Waals surface area contributed by atoms with Crippen molar-refractivity contribution < 1.29 is 0 Å². The molecule has 3 rings (SSSR count). The minimum Gasteiger partial charge on any atom is -0.343 e. The van der Waals surface area contributed by atoms with Gasteiger partial charge in [0.1, 0.15) is 11.7 Å². The fourth-order valence-corrected chi connectivity index (χ4v) is 2.99. The lowest BCUT2D eigenvalue weighted by Crippen LogP contribution is -2.11. The van der Waals surface area contributed by atoms with Gasteiger partial charge >= 0.3 is 0 Å². The summed E-state index contributed by atoms with van der Waals surface area (Å²) in [4.78, 5) is 4.76. The van der Waals surface area contributed by atoms with Gasteiger partial charge in [0.05, 0.1) is 11.0 Å². The standard InChI is InChI=1S/C19H21ClN4/c1-4-7-18(23-20)21-15-11-10-14(12-13(15)2)19-22-16-8-5-6-9-17(16)24(19)3/h5-6,8-12H,4,7H2,1-3H3,(H,21,23). The van der Waals surface area contributed by atoms with Crippen LogP contribution in [0.1, 0.15) is 25.3 Å². The second-order valence-electron chi connectivity index (χ2n) is 5.92. The van der Waals surface area contributed by atoms with E-state index in [1.54, 1.807) is 0 Å². The second-order valence-corrected chi connectivity index (χ2v) is 6.09. The lowest BCUT2D eigenvalue weighted by Gasteiger charge is -2.12. The summed E-state index contributed by atoms with van der Waals surface area (Å²) in [7, 11) is 2.05. The molecule has 0 aliphatic rings. The average molecular weight is 341 g/mol. The van der Waals surface area contributed by atoms with E-state index < -0.39 is 0 Å². The van der Waals surface area contributed by atoms with E-state index in [1.165, 1.54) is 0 Å². The normalized spacial score (nSPS) is 11.9. The summed E-state index contributed by atoms with van der Waals surface area (Å²) >= 11 is 5.65. The number of benzene rings is 2. The number of nitrogens with zero attached hydrogens (tertiary/aromatic N) is 3. The first-order valence-electron chi connectivity index (χ1n) is 8.11. The van der Waals surface area contributed by atoms with Gasteiger partial charge in [-0.15, -0.1) is 0 Å². The molecule has 1 heterocycles. The Kier molecular flexibility index (Phi) is 4.86. The van der Waals surface area contributed by atoms with E-state index in [9.17, 15) is 0 Å². The van der Waals surface area contributed by atoms with Crippen LogP contribution in [0.2, 0.25) is 0 Å². The molecular formula is C19H21ClN4. The van der Waals surface area contributed by atoms with Crippen molar-refractivity contribution in [1.29, 1.82) is 0 Å². The zero-order valence-electron chi connectivity index (χ0n) is 14.2. The monoisotopic (exact) mass is 340 g/mol. The van der Waals surface area contributed by atoms with Gasteiger partial charge in [-0.1, -0.05) is 19.1 Å². The number of halogens is 1. The summed E-state index contributed by atoms with van der Waals surface area (Å²) in [5.41, 5.74) is 5.39. The maximum atomic E-state index is 5.65. The summed E-state index contributed by atoms with van der Waals surface area (Å²) in [5, 5.41) is 3.31. The van der Waals surface area contributed by atoms with Crippen molar-refractivity contribution in [3.05, 3.63) is 48.0 Å². The van der Waals surface area contributed by atoms with Crippen molar-refractivity contribution in [3.8, 4) is 11.4 Å². The van der Waals surface area contributed by atoms with Gasteiger partial charge in [0.15, 0.2) is 0 Å². The Morgan fingerprint density at radius 2 is 2.04 bits per heavy atom. The predicted octanol–water partition coefficient (Wildman–Crippen LogP) is 5.31. The van der Waals surface area contributed by atoms with Crippen molar-refractivity contribution in [2.24, 2.45) is 11.6 Å². The molecule has 0 saturated heterocycles. The number of fused-ring (bicyclic) bond motifs is 1. The highest BCUT2D eigenvalue weighted by Crippen LogP contribution is 2.27. The van der Waals surface area contributed by atoms with E-state index in [1.807, 2.05) is 25.2 Å². The summed E-state index contributed by atoms with van der Waals surface area (Å²) in [6, 6.07) is 14.4. The Balaban J connectivity index is 1.95. The van der Waals surface area contributed by atoms with Crippen LogP contribution in [0.25, 0.3) is 22.4 Å². The highest BCUT2D eigenvalue weighted by Gasteiger charge is 2.11. The van der Waals surface area contributed by atoms with Gasteiger partial charge in [0.2, 0.25) is 0 Å². The van der Waals surface area contributed by atoms with Crippen molar-refractivity contribution in [2.45, 2.75) is 26.7 Å². The maximum Gasteiger partial charge on any atom is 0.140 e. The fraction of sp³-hybridized carbons (Fsp3) is 0.263. The molecular weight excluding hydrogens is 320 g/mol. The van der Waals surface area contributed by atoms with E-state index in [0.717, 1.165) is 52.3 Å². The topological polar surface area (TPSA) is 42.2 Å². The van der Waals surface area contributed by atoms with Gasteiger partial charge in [0, 0.05) is 36.5 Å². The molecule has 0 aliphatic carbocycles. The first kappa shape index (κ1) is 16.5. The molecule has 0 amide bonds. The number of imidazole rings is 1. The van der Waals surface area contributed by atoms with Gasteiger partial charge in [-0.3, -0.25) is 0 Å². The number of aryl methyl sites for hydroxylation is 2. The number of hydrogen-bond acceptors (Lipinski definition) is 2. The van der Waals surface area contributed by atoms with Crippen LogP contribution in [0.5, 0.6) is 0 Å². The van der Waals surface area contributed by atoms with Crippen LogP contribution in [0.15, 0.2) is 47.0 Å². The molecule has 0 saturated carbocycles. The number of anilines is 1. The second kappa shape index (κ2) is 7.05. The SMILES string of the molecule is CCC/C(=N/Cl)Nc1ccc(-c2nc3ccccc3n2C)cc1C. The smallest absolute Gasteiger partial charge is 0.140 e. The summed E-state index contributed by atoms with van der Waals surface area (Å²) in [6.45, 7) is 4.18. The molecule has 4 nitrogen and oxygen atoms in total. The Morgan fingerprint density at radius 1 is 1.25 bits per heavy atom. The predicted molar refractivity (Wildman–Crippen MR) is 103 cm³/mol. The molecule has 0 atom stereocenters. The quantitative estimate of drug-likeness (QED) is 0.516. The first-order valence-corrected chi connectivity index (χ1v) is 8.45. The third kappa shape index (κ3) is 3.15. The Hall–Kier alpha value is -2.33. The number of hydrogen-bond donors (Lipinski definition) is 1. The van der Waals surface area contributed by atoms with Crippen LogP contribution in [-0.4, -0.2) is 15.4 Å². The Bertz CT molecular complexity index is 896. The molecule has 2 aromatic carbocycles. The van der Waals surface area contributed by atoms with Gasteiger partial charge in [-0.05, 0) is 49.2 Å². The fourth-order valence-electron chi connectivity index (χ4n) is 2.86. The van der Waals surface area contributed by atoms with Crippen molar-refractivity contribution in [1.82, 2.24) is 9.55 Å². The average Bonchev–Trinajstić information content (AvgIpc) is 2.93. The number of nitrogens with one attached hydrogen (secondary N) is 1. The molecule has 0 unspecified atom stereocenters. The number of rotatable bonds is 4. The van der Waals surface area contributed by atoms with E-state index >= 15 is 0 Å². The molecule has 0 radical (unpaired) electrons. The summed E-state index contributed by atoms with van der Waals surface area (Å²) < 4.78 is 5.92. The van der Waals surface area contributed by atoms with Crippen molar-refractivity contribution in [3.63, 3.8) is 0 Å². The number of amidine groups is 1. The van der Waals surface area contributed by atoms with Gasteiger partial charge in [0.25, 0.3) is 0 Å². The van der Waals surface area contributed by atoms with E-state index in [4.69, 9.17) is 16.8 Å². The largest absolute Gasteiger partial charge is 0.343 e. The van der Waals surface area contributed by atoms with Crippen LogP contribution < -0.4 is 5.32 Å². The molecule has 1 aromatic heterocycles. The highest BCUT2D eigenvalue weighted by molar-refractivity contribution is 6.21. The zero-order chi connectivity index (χ0) is 17.1. The lowest BCUT2D eigenvalue weighted by molar-refractivity contribution is 0.959. The van der Waals surface area contributed by atoms with E-state index in [-0.39, 0.29) is 0 Å². The number of aromatic nitrogens is 2. The number of para-hydroxylation sites is 2. The first-order chi connectivity index (χ1) is 11.6. The third-order valence-corrected chi connectivity index (χ3v) is 4.34. The summed E-state index contributed by atoms with van der Waals surface area (Å²) in [6.07, 6.45) is 1.82. The molecule has 0 fully saturated rings. The minimum absolute atomic E-state index is 0.790. The summed E-state index contributed by atoms with van der Waals surface area (Å²) in [5.74, 6) is 1.75. The lowest BCUT2D eigenvalue weighted by atomic mass is 10.1. The van der Waals surface area contributed by atoms with Crippen LogP contribution >= 0.6 is 11.8 Å². The molecule has 0 bridgehead atoms. The molecule has 0 spiro atoms. The molecule has 3 aromatic rings. The molecule has 124 valence electrons. The van der Waals surface area contributed by atoms with Crippen LogP contribution in [0.4, 0.5) is 5.69 Å². The highest BCUT2D eigenvalue weighted by atomic mass is 35.5. The van der Waals surface area contributed by atoms with Crippen molar-refractivity contribution >= 4 is 34.3 Å². The van der Waals surface area contributed by atoms with E-state index in [2.05, 4.69) is 52.5 Å². The maximum absolute atomic E-state index is 5.65. The van der Waals surface area contributed by atoms with E-state index in [0.29, 0.717) is 0 Å². The minimum atomic E-state index is 0.790. The molecule has 5 heteroatoms.